The Bertz CT molecular complexity index is 499. The molecule has 0 spiro atoms. The van der Waals surface area contributed by atoms with Crippen molar-refractivity contribution in [3.8, 4) is 0 Å². The molecule has 1 aromatic rings. The van der Waals surface area contributed by atoms with Crippen LogP contribution in [0.15, 0.2) is 10.8 Å². The SMILES string of the molecule is Cc1ncoc1C(=O)N[C@H]1CN(C(CO)CO)C[C@@H]1C(C)C. The topological polar surface area (TPSA) is 98.8 Å². The highest BCUT2D eigenvalue weighted by molar-refractivity contribution is 5.92. The quantitative estimate of drug-likeness (QED) is 0.685. The molecule has 1 amide bonds. The van der Waals surface area contributed by atoms with Crippen molar-refractivity contribution >= 4 is 5.91 Å². The molecule has 2 heterocycles. The van der Waals surface area contributed by atoms with Gasteiger partial charge in [0.2, 0.25) is 5.76 Å². The van der Waals surface area contributed by atoms with Crippen LogP contribution in [0.2, 0.25) is 0 Å². The van der Waals surface area contributed by atoms with Gasteiger partial charge in [0.05, 0.1) is 24.9 Å². The Morgan fingerprint density at radius 3 is 2.64 bits per heavy atom. The van der Waals surface area contributed by atoms with E-state index >= 15 is 0 Å². The number of likely N-dealkylation sites (tertiary alicyclic amines) is 1. The summed E-state index contributed by atoms with van der Waals surface area (Å²) >= 11 is 0. The summed E-state index contributed by atoms with van der Waals surface area (Å²) in [6.45, 7) is 7.11. The third-order valence-electron chi connectivity index (χ3n) is 4.46. The Kier molecular flexibility index (Phi) is 5.55. The lowest BCUT2D eigenvalue weighted by Crippen LogP contribution is -2.43. The second kappa shape index (κ2) is 7.21. The Hall–Kier alpha value is -1.44. The molecule has 0 aromatic carbocycles. The van der Waals surface area contributed by atoms with Crippen molar-refractivity contribution in [1.82, 2.24) is 15.2 Å². The third kappa shape index (κ3) is 3.48. The van der Waals surface area contributed by atoms with E-state index in [9.17, 15) is 15.0 Å². The predicted octanol–water partition coefficient (Wildman–Crippen LogP) is 0.0224. The molecule has 1 aliphatic rings. The van der Waals surface area contributed by atoms with Crippen LogP contribution in [-0.2, 0) is 0 Å². The minimum atomic E-state index is -0.282. The molecule has 1 saturated heterocycles. The normalized spacial score (nSPS) is 22.7. The molecule has 124 valence electrons. The van der Waals surface area contributed by atoms with Crippen molar-refractivity contribution in [3.63, 3.8) is 0 Å². The molecule has 1 aliphatic heterocycles. The molecule has 22 heavy (non-hydrogen) atoms. The van der Waals surface area contributed by atoms with Gasteiger partial charge in [-0.3, -0.25) is 9.69 Å². The van der Waals surface area contributed by atoms with Crippen LogP contribution in [0.3, 0.4) is 0 Å². The first-order valence-electron chi connectivity index (χ1n) is 7.64. The number of aromatic nitrogens is 1. The van der Waals surface area contributed by atoms with Gasteiger partial charge in [-0.2, -0.15) is 0 Å². The fourth-order valence-electron chi connectivity index (χ4n) is 3.03. The van der Waals surface area contributed by atoms with E-state index in [1.165, 1.54) is 6.39 Å². The molecule has 2 rings (SSSR count). The number of carbonyl (C=O) groups excluding carboxylic acids is 1. The molecule has 0 aliphatic carbocycles. The molecule has 1 fully saturated rings. The Balaban J connectivity index is 2.07. The number of oxazole rings is 1. The van der Waals surface area contributed by atoms with Crippen molar-refractivity contribution in [2.45, 2.75) is 32.9 Å². The minimum absolute atomic E-state index is 0.0439. The van der Waals surface area contributed by atoms with E-state index in [-0.39, 0.29) is 42.9 Å². The van der Waals surface area contributed by atoms with Crippen LogP contribution >= 0.6 is 0 Å². The van der Waals surface area contributed by atoms with Gasteiger partial charge in [0.1, 0.15) is 0 Å². The van der Waals surface area contributed by atoms with E-state index in [0.29, 0.717) is 18.2 Å². The molecule has 0 bridgehead atoms. The van der Waals surface area contributed by atoms with E-state index in [2.05, 4.69) is 24.1 Å². The maximum absolute atomic E-state index is 12.3. The van der Waals surface area contributed by atoms with E-state index in [0.717, 1.165) is 6.54 Å². The summed E-state index contributed by atoms with van der Waals surface area (Å²) in [7, 11) is 0. The first-order valence-corrected chi connectivity index (χ1v) is 7.64. The second-order valence-corrected chi connectivity index (χ2v) is 6.23. The highest BCUT2D eigenvalue weighted by Crippen LogP contribution is 2.26. The number of hydrogen-bond donors (Lipinski definition) is 3. The number of aliphatic hydroxyl groups excluding tert-OH is 2. The Morgan fingerprint density at radius 1 is 1.45 bits per heavy atom. The standard InChI is InChI=1S/C15H25N3O4/c1-9(2)12-4-18(11(6-19)7-20)5-13(12)17-15(21)14-10(3)16-8-22-14/h8-9,11-13,19-20H,4-7H2,1-3H3,(H,17,21)/t12-,13+/m1/s1. The number of aliphatic hydroxyl groups is 2. The van der Waals surface area contributed by atoms with Crippen LogP contribution in [0.1, 0.15) is 30.1 Å². The van der Waals surface area contributed by atoms with Crippen molar-refractivity contribution in [2.24, 2.45) is 11.8 Å². The van der Waals surface area contributed by atoms with Crippen molar-refractivity contribution < 1.29 is 19.4 Å². The molecule has 0 saturated carbocycles. The van der Waals surface area contributed by atoms with E-state index in [1.807, 2.05) is 4.90 Å². The fourth-order valence-corrected chi connectivity index (χ4v) is 3.03. The molecular formula is C15H25N3O4. The van der Waals surface area contributed by atoms with Gasteiger partial charge in [-0.1, -0.05) is 13.8 Å². The fraction of sp³-hybridized carbons (Fsp3) is 0.733. The second-order valence-electron chi connectivity index (χ2n) is 6.23. The van der Waals surface area contributed by atoms with Crippen LogP contribution in [0.4, 0.5) is 0 Å². The summed E-state index contributed by atoms with van der Waals surface area (Å²) in [6, 6.07) is -0.326. The number of nitrogens with one attached hydrogen (secondary N) is 1. The zero-order valence-corrected chi connectivity index (χ0v) is 13.3. The predicted molar refractivity (Wildman–Crippen MR) is 80.4 cm³/mol. The Morgan fingerprint density at radius 2 is 2.14 bits per heavy atom. The third-order valence-corrected chi connectivity index (χ3v) is 4.46. The number of aryl methyl sites for hydroxylation is 1. The first-order chi connectivity index (χ1) is 10.5. The molecule has 1 aromatic heterocycles. The zero-order valence-electron chi connectivity index (χ0n) is 13.3. The summed E-state index contributed by atoms with van der Waals surface area (Å²) < 4.78 is 5.13. The molecule has 7 nitrogen and oxygen atoms in total. The maximum atomic E-state index is 12.3. The highest BCUT2D eigenvalue weighted by atomic mass is 16.3. The molecule has 3 N–H and O–H groups in total. The average Bonchev–Trinajstić information content (AvgIpc) is 3.07. The minimum Gasteiger partial charge on any atom is -0.438 e. The summed E-state index contributed by atoms with van der Waals surface area (Å²) in [5.41, 5.74) is 0.567. The van der Waals surface area contributed by atoms with Crippen LogP contribution in [0.25, 0.3) is 0 Å². The number of carbonyl (C=O) groups is 1. The van der Waals surface area contributed by atoms with E-state index in [1.54, 1.807) is 6.92 Å². The molecule has 2 atom stereocenters. The van der Waals surface area contributed by atoms with Crippen molar-refractivity contribution in [1.29, 1.82) is 0 Å². The summed E-state index contributed by atoms with van der Waals surface area (Å²) in [6.07, 6.45) is 1.26. The van der Waals surface area contributed by atoms with Crippen molar-refractivity contribution in [2.75, 3.05) is 26.3 Å². The number of rotatable bonds is 6. The first kappa shape index (κ1) is 16.9. The number of amides is 1. The lowest BCUT2D eigenvalue weighted by Gasteiger charge is -2.24. The van der Waals surface area contributed by atoms with Crippen LogP contribution in [0.5, 0.6) is 0 Å². The van der Waals surface area contributed by atoms with Gasteiger partial charge in [-0.05, 0) is 18.8 Å². The van der Waals surface area contributed by atoms with Gasteiger partial charge in [0.25, 0.3) is 5.91 Å². The summed E-state index contributed by atoms with van der Waals surface area (Å²) in [4.78, 5) is 18.3. The maximum Gasteiger partial charge on any atom is 0.289 e. The van der Waals surface area contributed by atoms with Gasteiger partial charge in [0, 0.05) is 19.1 Å². The van der Waals surface area contributed by atoms with Gasteiger partial charge in [-0.25, -0.2) is 4.98 Å². The highest BCUT2D eigenvalue weighted by Gasteiger charge is 2.38. The zero-order chi connectivity index (χ0) is 16.3. The van der Waals surface area contributed by atoms with Crippen LogP contribution < -0.4 is 5.32 Å². The van der Waals surface area contributed by atoms with Crippen molar-refractivity contribution in [3.05, 3.63) is 17.8 Å². The molecule has 0 radical (unpaired) electrons. The molecular weight excluding hydrogens is 286 g/mol. The average molecular weight is 311 g/mol. The summed E-state index contributed by atoms with van der Waals surface area (Å²) in [5, 5.41) is 21.7. The van der Waals surface area contributed by atoms with Crippen LogP contribution in [-0.4, -0.2) is 64.4 Å². The van der Waals surface area contributed by atoms with Gasteiger partial charge >= 0.3 is 0 Å². The summed E-state index contributed by atoms with van der Waals surface area (Å²) in [5.74, 6) is 0.607. The Labute approximate surface area is 130 Å². The van der Waals surface area contributed by atoms with Crippen LogP contribution in [0, 0.1) is 18.8 Å². The monoisotopic (exact) mass is 311 g/mol. The lowest BCUT2D eigenvalue weighted by atomic mass is 9.91. The van der Waals surface area contributed by atoms with Gasteiger partial charge < -0.3 is 19.9 Å². The largest absolute Gasteiger partial charge is 0.438 e. The van der Waals surface area contributed by atoms with E-state index in [4.69, 9.17) is 4.42 Å². The molecule has 7 heteroatoms. The van der Waals surface area contributed by atoms with Gasteiger partial charge in [-0.15, -0.1) is 0 Å². The number of nitrogens with zero attached hydrogens (tertiary/aromatic N) is 2. The smallest absolute Gasteiger partial charge is 0.289 e. The molecule has 0 unspecified atom stereocenters. The number of hydrogen-bond acceptors (Lipinski definition) is 6. The van der Waals surface area contributed by atoms with E-state index < -0.39 is 0 Å². The van der Waals surface area contributed by atoms with Gasteiger partial charge in [0.15, 0.2) is 6.39 Å². The lowest BCUT2D eigenvalue weighted by molar-refractivity contribution is 0.0843.